The summed E-state index contributed by atoms with van der Waals surface area (Å²) < 4.78 is 72.4. The summed E-state index contributed by atoms with van der Waals surface area (Å²) in [7, 11) is 0. The third-order valence-electron chi connectivity index (χ3n) is 5.58. The molecule has 1 aromatic heterocycles. The predicted octanol–water partition coefficient (Wildman–Crippen LogP) is 6.00. The molecule has 38 heavy (non-hydrogen) atoms. The van der Waals surface area contributed by atoms with Crippen LogP contribution in [0.2, 0.25) is 5.02 Å². The number of carboxylic acids is 1. The number of rotatable bonds is 8. The highest BCUT2D eigenvalue weighted by molar-refractivity contribution is 6.34. The minimum absolute atomic E-state index is 0.0678. The van der Waals surface area contributed by atoms with Crippen molar-refractivity contribution in [3.05, 3.63) is 94.4 Å². The maximum absolute atomic E-state index is 14.0. The van der Waals surface area contributed by atoms with Gasteiger partial charge in [0, 0.05) is 35.2 Å². The number of pyridine rings is 1. The van der Waals surface area contributed by atoms with Gasteiger partial charge in [0.05, 0.1) is 10.5 Å². The highest BCUT2D eigenvalue weighted by Gasteiger charge is 2.26. The molecule has 4 rings (SSSR count). The first kappa shape index (κ1) is 26.8. The molecule has 0 bridgehead atoms. The highest BCUT2D eigenvalue weighted by atomic mass is 35.5. The van der Waals surface area contributed by atoms with Crippen LogP contribution in [0.4, 0.5) is 22.0 Å². The fourth-order valence-corrected chi connectivity index (χ4v) is 4.28. The predicted molar refractivity (Wildman–Crippen MR) is 128 cm³/mol. The summed E-state index contributed by atoms with van der Waals surface area (Å²) in [6.07, 6.45) is 1.05. The van der Waals surface area contributed by atoms with Crippen LogP contribution in [0.5, 0.6) is 5.75 Å². The fourth-order valence-electron chi connectivity index (χ4n) is 3.98. The number of ether oxygens (including phenoxy) is 1. The maximum atomic E-state index is 14.0. The number of hydrogen-bond donors (Lipinski definition) is 2. The standard InChI is InChI=1S/C26H16ClF5N2O4/c27-16-10-13(28)11-20(38-26(31)32)21(16)15-7-6-12(14-3-2-8-33-23(14)15)9-19(25(36)37)34-24(35)22-17(29)4-1-5-18(22)30/h1-8,10-11,19,26H,9H2,(H,34,35)(H,36,37)/t19-/m0/s1. The number of carbonyl (C=O) groups excluding carboxylic acids is 1. The van der Waals surface area contributed by atoms with Gasteiger partial charge in [-0.3, -0.25) is 9.78 Å². The molecule has 0 fully saturated rings. The summed E-state index contributed by atoms with van der Waals surface area (Å²) >= 11 is 6.18. The Bertz CT molecular complexity index is 1530. The van der Waals surface area contributed by atoms with Crippen molar-refractivity contribution in [2.24, 2.45) is 0 Å². The van der Waals surface area contributed by atoms with E-state index in [1.165, 1.54) is 24.4 Å². The van der Waals surface area contributed by atoms with E-state index in [4.69, 9.17) is 11.6 Å². The molecule has 1 atom stereocenters. The Kier molecular flexibility index (Phi) is 7.77. The summed E-state index contributed by atoms with van der Waals surface area (Å²) in [5.74, 6) is -6.52. The van der Waals surface area contributed by atoms with Gasteiger partial charge in [0.15, 0.2) is 0 Å². The number of aliphatic carboxylic acids is 1. The third-order valence-corrected chi connectivity index (χ3v) is 5.88. The summed E-state index contributed by atoms with van der Waals surface area (Å²) in [5.41, 5.74) is -0.282. The monoisotopic (exact) mass is 550 g/mol. The SMILES string of the molecule is O=C(N[C@@H](Cc1ccc(-c2c(Cl)cc(F)cc2OC(F)F)c2ncccc12)C(=O)O)c1c(F)cccc1F. The molecule has 1 heterocycles. The molecular formula is C26H16ClF5N2O4. The number of nitrogens with one attached hydrogen (secondary N) is 1. The lowest BCUT2D eigenvalue weighted by atomic mass is 9.94. The van der Waals surface area contributed by atoms with Gasteiger partial charge >= 0.3 is 12.6 Å². The highest BCUT2D eigenvalue weighted by Crippen LogP contribution is 2.41. The summed E-state index contributed by atoms with van der Waals surface area (Å²) in [5, 5.41) is 11.9. The van der Waals surface area contributed by atoms with Crippen molar-refractivity contribution in [3.63, 3.8) is 0 Å². The van der Waals surface area contributed by atoms with Crippen molar-refractivity contribution in [1.29, 1.82) is 0 Å². The number of halogens is 6. The number of amides is 1. The van der Waals surface area contributed by atoms with Gasteiger partial charge in [0.25, 0.3) is 5.91 Å². The largest absolute Gasteiger partial charge is 0.480 e. The fraction of sp³-hybridized carbons (Fsp3) is 0.115. The van der Waals surface area contributed by atoms with Gasteiger partial charge in [0.1, 0.15) is 34.8 Å². The topological polar surface area (TPSA) is 88.5 Å². The second-order valence-electron chi connectivity index (χ2n) is 7.98. The van der Waals surface area contributed by atoms with Crippen LogP contribution < -0.4 is 10.1 Å². The molecular weight excluding hydrogens is 535 g/mol. The van der Waals surface area contributed by atoms with Crippen molar-refractivity contribution in [1.82, 2.24) is 10.3 Å². The Morgan fingerprint density at radius 2 is 1.74 bits per heavy atom. The molecule has 4 aromatic rings. The molecule has 0 radical (unpaired) electrons. The van der Waals surface area contributed by atoms with Crippen LogP contribution in [-0.2, 0) is 11.2 Å². The number of carboxylic acid groups (broad SMARTS) is 1. The smallest absolute Gasteiger partial charge is 0.387 e. The van der Waals surface area contributed by atoms with E-state index in [0.717, 1.165) is 30.3 Å². The van der Waals surface area contributed by atoms with Gasteiger partial charge in [-0.05, 0) is 29.8 Å². The van der Waals surface area contributed by atoms with Gasteiger partial charge in [0.2, 0.25) is 0 Å². The molecule has 0 aliphatic rings. The van der Waals surface area contributed by atoms with Crippen molar-refractivity contribution in [2.75, 3.05) is 0 Å². The molecule has 3 aromatic carbocycles. The number of aromatic nitrogens is 1. The molecule has 2 N–H and O–H groups in total. The van der Waals surface area contributed by atoms with Gasteiger partial charge < -0.3 is 15.2 Å². The van der Waals surface area contributed by atoms with Crippen molar-refractivity contribution < 1.29 is 41.4 Å². The quantitative estimate of drug-likeness (QED) is 0.263. The third kappa shape index (κ3) is 5.52. The zero-order valence-corrected chi connectivity index (χ0v) is 19.8. The Labute approximate surface area is 216 Å². The number of carbonyl (C=O) groups is 2. The average Bonchev–Trinajstić information content (AvgIpc) is 2.83. The number of alkyl halides is 2. The normalized spacial score (nSPS) is 12.0. The van der Waals surface area contributed by atoms with E-state index in [0.29, 0.717) is 10.9 Å². The van der Waals surface area contributed by atoms with E-state index < -0.39 is 53.3 Å². The molecule has 0 saturated carbocycles. The molecule has 0 aliphatic carbocycles. The molecule has 6 nitrogen and oxygen atoms in total. The molecule has 0 spiro atoms. The van der Waals surface area contributed by atoms with E-state index in [1.807, 2.05) is 0 Å². The van der Waals surface area contributed by atoms with Crippen LogP contribution in [0, 0.1) is 17.5 Å². The first-order valence-electron chi connectivity index (χ1n) is 10.8. The Balaban J connectivity index is 1.75. The minimum atomic E-state index is -3.27. The lowest BCUT2D eigenvalue weighted by Crippen LogP contribution is -2.43. The molecule has 0 aliphatic heterocycles. The first-order valence-corrected chi connectivity index (χ1v) is 11.2. The number of fused-ring (bicyclic) bond motifs is 1. The van der Waals surface area contributed by atoms with Crippen LogP contribution >= 0.6 is 11.6 Å². The van der Waals surface area contributed by atoms with Crippen LogP contribution in [0.25, 0.3) is 22.0 Å². The van der Waals surface area contributed by atoms with Crippen LogP contribution in [0.15, 0.2) is 60.8 Å². The lowest BCUT2D eigenvalue weighted by Gasteiger charge is -2.18. The van der Waals surface area contributed by atoms with E-state index >= 15 is 0 Å². The first-order chi connectivity index (χ1) is 18.1. The van der Waals surface area contributed by atoms with E-state index in [9.17, 15) is 36.6 Å². The molecule has 1 amide bonds. The molecule has 0 saturated heterocycles. The molecule has 0 unspecified atom stereocenters. The number of hydrogen-bond acceptors (Lipinski definition) is 4. The zero-order valence-electron chi connectivity index (χ0n) is 19.0. The van der Waals surface area contributed by atoms with Crippen LogP contribution in [0.1, 0.15) is 15.9 Å². The average molecular weight is 551 g/mol. The lowest BCUT2D eigenvalue weighted by molar-refractivity contribution is -0.139. The summed E-state index contributed by atoms with van der Waals surface area (Å²) in [6.45, 7) is -3.27. The van der Waals surface area contributed by atoms with Crippen molar-refractivity contribution in [2.45, 2.75) is 19.1 Å². The zero-order chi connectivity index (χ0) is 27.6. The second kappa shape index (κ2) is 11.0. The number of nitrogens with zero attached hydrogens (tertiary/aromatic N) is 1. The van der Waals surface area contributed by atoms with E-state index in [-0.39, 0.29) is 28.1 Å². The Morgan fingerprint density at radius 3 is 2.39 bits per heavy atom. The molecule has 12 heteroatoms. The second-order valence-corrected chi connectivity index (χ2v) is 8.38. The molecule has 196 valence electrons. The van der Waals surface area contributed by atoms with Gasteiger partial charge in [-0.15, -0.1) is 0 Å². The Morgan fingerprint density at radius 1 is 1.03 bits per heavy atom. The van der Waals surface area contributed by atoms with E-state index in [2.05, 4.69) is 15.0 Å². The van der Waals surface area contributed by atoms with Crippen LogP contribution in [0.3, 0.4) is 0 Å². The van der Waals surface area contributed by atoms with Gasteiger partial charge in [-0.25, -0.2) is 18.0 Å². The Hall–Kier alpha value is -4.25. The minimum Gasteiger partial charge on any atom is -0.480 e. The van der Waals surface area contributed by atoms with Crippen molar-refractivity contribution in [3.8, 4) is 16.9 Å². The van der Waals surface area contributed by atoms with E-state index in [1.54, 1.807) is 6.07 Å². The van der Waals surface area contributed by atoms with Gasteiger partial charge in [-0.1, -0.05) is 35.9 Å². The van der Waals surface area contributed by atoms with Gasteiger partial charge in [-0.2, -0.15) is 8.78 Å². The number of benzene rings is 3. The summed E-state index contributed by atoms with van der Waals surface area (Å²) in [6, 6.07) is 8.76. The maximum Gasteiger partial charge on any atom is 0.387 e. The summed E-state index contributed by atoms with van der Waals surface area (Å²) in [4.78, 5) is 28.7. The van der Waals surface area contributed by atoms with Crippen LogP contribution in [-0.4, -0.2) is 34.6 Å². The van der Waals surface area contributed by atoms with Crippen molar-refractivity contribution >= 4 is 34.4 Å².